The van der Waals surface area contributed by atoms with Crippen molar-refractivity contribution < 1.29 is 14.3 Å². The van der Waals surface area contributed by atoms with Gasteiger partial charge in [0.25, 0.3) is 5.91 Å². The van der Waals surface area contributed by atoms with Crippen LogP contribution >= 0.6 is 35.1 Å². The van der Waals surface area contributed by atoms with Crippen molar-refractivity contribution in [2.24, 2.45) is 0 Å². The normalized spacial score (nSPS) is 11.6. The molecule has 0 spiro atoms. The lowest BCUT2D eigenvalue weighted by Gasteiger charge is -2.18. The average Bonchev–Trinajstić information content (AvgIpc) is 2.76. The number of carbonyl (C=O) groups excluding carboxylic acids is 2. The molecule has 1 atom stereocenters. The van der Waals surface area contributed by atoms with Crippen LogP contribution in [0.5, 0.6) is 5.75 Å². The number of carbonyl (C=O) groups is 2. The standard InChI is InChI=1S/C20H25ClN4O3S2/c1-4-10-30-20-22-12-15(21)17(25-20)19(27)24-16(9-11-29-3)18(26)23-13-5-7-14(28-2)8-6-13/h5-8,12,16H,4,9-11H2,1-3H3,(H,23,26)(H,24,27)/t16-/m1/s1. The van der Waals surface area contributed by atoms with Crippen LogP contribution in [0.4, 0.5) is 5.69 Å². The second kappa shape index (κ2) is 12.7. The molecule has 10 heteroatoms. The molecule has 0 unspecified atom stereocenters. The van der Waals surface area contributed by atoms with E-state index in [4.69, 9.17) is 16.3 Å². The first kappa shape index (κ1) is 24.3. The molecule has 2 aromatic rings. The van der Waals surface area contributed by atoms with Crippen LogP contribution in [-0.2, 0) is 4.79 Å². The van der Waals surface area contributed by atoms with Crippen molar-refractivity contribution in [3.05, 3.63) is 41.2 Å². The lowest BCUT2D eigenvalue weighted by Crippen LogP contribution is -2.44. The number of methoxy groups -OCH3 is 1. The van der Waals surface area contributed by atoms with Gasteiger partial charge in [-0.2, -0.15) is 11.8 Å². The van der Waals surface area contributed by atoms with Crippen LogP contribution in [0.15, 0.2) is 35.6 Å². The summed E-state index contributed by atoms with van der Waals surface area (Å²) in [7, 11) is 1.58. The zero-order valence-corrected chi connectivity index (χ0v) is 19.5. The highest BCUT2D eigenvalue weighted by Gasteiger charge is 2.24. The van der Waals surface area contributed by atoms with Gasteiger partial charge in [-0.15, -0.1) is 0 Å². The van der Waals surface area contributed by atoms with E-state index in [1.165, 1.54) is 18.0 Å². The van der Waals surface area contributed by atoms with Crippen molar-refractivity contribution in [2.75, 3.05) is 30.2 Å². The first-order valence-electron chi connectivity index (χ1n) is 9.38. The van der Waals surface area contributed by atoms with Crippen molar-refractivity contribution in [1.82, 2.24) is 15.3 Å². The lowest BCUT2D eigenvalue weighted by molar-refractivity contribution is -0.118. The number of amides is 2. The summed E-state index contributed by atoms with van der Waals surface area (Å²) in [4.78, 5) is 34.0. The van der Waals surface area contributed by atoms with E-state index < -0.39 is 11.9 Å². The van der Waals surface area contributed by atoms with Gasteiger partial charge in [-0.05, 0) is 49.1 Å². The third-order valence-corrected chi connectivity index (χ3v) is 5.95. The molecule has 2 amide bonds. The van der Waals surface area contributed by atoms with Gasteiger partial charge in [-0.1, -0.05) is 30.3 Å². The van der Waals surface area contributed by atoms with Gasteiger partial charge in [0.1, 0.15) is 11.8 Å². The smallest absolute Gasteiger partial charge is 0.272 e. The van der Waals surface area contributed by atoms with Crippen LogP contribution < -0.4 is 15.4 Å². The minimum Gasteiger partial charge on any atom is -0.497 e. The number of anilines is 1. The molecule has 162 valence electrons. The Balaban J connectivity index is 2.12. The Morgan fingerprint density at radius 3 is 2.60 bits per heavy atom. The number of thioether (sulfide) groups is 2. The zero-order chi connectivity index (χ0) is 21.9. The maximum atomic E-state index is 12.8. The molecule has 0 saturated heterocycles. The lowest BCUT2D eigenvalue weighted by atomic mass is 10.2. The van der Waals surface area contributed by atoms with Crippen molar-refractivity contribution in [1.29, 1.82) is 0 Å². The Morgan fingerprint density at radius 1 is 1.23 bits per heavy atom. The maximum absolute atomic E-state index is 12.8. The molecule has 1 heterocycles. The third-order valence-electron chi connectivity index (χ3n) is 3.96. The fourth-order valence-electron chi connectivity index (χ4n) is 2.41. The van der Waals surface area contributed by atoms with Gasteiger partial charge >= 0.3 is 0 Å². The summed E-state index contributed by atoms with van der Waals surface area (Å²) >= 11 is 9.18. The Bertz CT molecular complexity index is 852. The summed E-state index contributed by atoms with van der Waals surface area (Å²) in [6, 6.07) is 6.25. The number of nitrogens with one attached hydrogen (secondary N) is 2. The monoisotopic (exact) mass is 468 g/mol. The van der Waals surface area contributed by atoms with E-state index in [1.807, 2.05) is 13.2 Å². The molecule has 1 aromatic carbocycles. The maximum Gasteiger partial charge on any atom is 0.272 e. The van der Waals surface area contributed by atoms with E-state index in [0.29, 0.717) is 28.8 Å². The van der Waals surface area contributed by atoms with Crippen LogP contribution in [0.1, 0.15) is 30.3 Å². The highest BCUT2D eigenvalue weighted by atomic mass is 35.5. The number of aromatic nitrogens is 2. The summed E-state index contributed by atoms with van der Waals surface area (Å²) < 4.78 is 5.12. The van der Waals surface area contributed by atoms with Crippen LogP contribution in [0.25, 0.3) is 0 Å². The number of ether oxygens (including phenoxy) is 1. The van der Waals surface area contributed by atoms with Crippen molar-refractivity contribution in [3.63, 3.8) is 0 Å². The van der Waals surface area contributed by atoms with Crippen LogP contribution in [0.3, 0.4) is 0 Å². The first-order chi connectivity index (χ1) is 14.5. The Kier molecular flexibility index (Phi) is 10.3. The number of hydrogen-bond acceptors (Lipinski definition) is 7. The SMILES string of the molecule is CCCSc1ncc(Cl)c(C(=O)N[C@H](CCSC)C(=O)Nc2ccc(OC)cc2)n1. The molecular weight excluding hydrogens is 444 g/mol. The second-order valence-corrected chi connectivity index (χ2v) is 8.68. The summed E-state index contributed by atoms with van der Waals surface area (Å²) in [5.74, 6) is 1.42. The predicted molar refractivity (Wildman–Crippen MR) is 124 cm³/mol. The predicted octanol–water partition coefficient (Wildman–Crippen LogP) is 4.13. The van der Waals surface area contributed by atoms with Crippen LogP contribution in [-0.4, -0.2) is 52.7 Å². The second-order valence-electron chi connectivity index (χ2n) is 6.22. The van der Waals surface area contributed by atoms with Crippen molar-refractivity contribution in [2.45, 2.75) is 31.0 Å². The molecule has 7 nitrogen and oxygen atoms in total. The Morgan fingerprint density at radius 2 is 1.97 bits per heavy atom. The Labute approximate surface area is 190 Å². The highest BCUT2D eigenvalue weighted by Crippen LogP contribution is 2.20. The van der Waals surface area contributed by atoms with Gasteiger partial charge in [0.05, 0.1) is 18.3 Å². The fraction of sp³-hybridized carbons (Fsp3) is 0.400. The van der Waals surface area contributed by atoms with E-state index in [1.54, 1.807) is 43.1 Å². The van der Waals surface area contributed by atoms with Gasteiger partial charge in [-0.25, -0.2) is 9.97 Å². The molecule has 0 radical (unpaired) electrons. The highest BCUT2D eigenvalue weighted by molar-refractivity contribution is 7.99. The largest absolute Gasteiger partial charge is 0.497 e. The van der Waals surface area contributed by atoms with Crippen molar-refractivity contribution in [3.8, 4) is 5.75 Å². The molecule has 0 fully saturated rings. The molecule has 0 aliphatic rings. The molecule has 30 heavy (non-hydrogen) atoms. The minimum absolute atomic E-state index is 0.0664. The van der Waals surface area contributed by atoms with Gasteiger partial charge in [0, 0.05) is 11.4 Å². The number of nitrogens with zero attached hydrogens (tertiary/aromatic N) is 2. The summed E-state index contributed by atoms with van der Waals surface area (Å²) in [6.45, 7) is 2.05. The Hall–Kier alpha value is -1.97. The van der Waals surface area contributed by atoms with Crippen molar-refractivity contribution >= 4 is 52.6 Å². The van der Waals surface area contributed by atoms with Gasteiger partial charge in [-0.3, -0.25) is 9.59 Å². The van der Waals surface area contributed by atoms with Crippen LogP contribution in [0, 0.1) is 0 Å². The van der Waals surface area contributed by atoms with Gasteiger partial charge in [0.2, 0.25) is 5.91 Å². The zero-order valence-electron chi connectivity index (χ0n) is 17.1. The summed E-state index contributed by atoms with van der Waals surface area (Å²) in [6.07, 6.45) is 4.78. The van der Waals surface area contributed by atoms with Crippen LogP contribution in [0.2, 0.25) is 5.02 Å². The van der Waals surface area contributed by atoms with E-state index >= 15 is 0 Å². The third kappa shape index (κ3) is 7.37. The van der Waals surface area contributed by atoms with E-state index in [9.17, 15) is 9.59 Å². The summed E-state index contributed by atoms with van der Waals surface area (Å²) in [5, 5.41) is 6.21. The van der Waals surface area contributed by atoms with E-state index in [0.717, 1.165) is 12.2 Å². The number of halogens is 1. The number of rotatable bonds is 11. The quantitative estimate of drug-likeness (QED) is 0.378. The number of hydrogen-bond donors (Lipinski definition) is 2. The van der Waals surface area contributed by atoms with Gasteiger partial charge < -0.3 is 15.4 Å². The topological polar surface area (TPSA) is 93.2 Å². The fourth-order valence-corrected chi connectivity index (χ4v) is 3.73. The molecular formula is C20H25ClN4O3S2. The minimum atomic E-state index is -0.732. The average molecular weight is 469 g/mol. The van der Waals surface area contributed by atoms with E-state index in [-0.39, 0.29) is 16.6 Å². The molecule has 1 aromatic heterocycles. The van der Waals surface area contributed by atoms with E-state index in [2.05, 4.69) is 20.6 Å². The molecule has 0 aliphatic carbocycles. The molecule has 0 aliphatic heterocycles. The molecule has 2 N–H and O–H groups in total. The molecule has 2 rings (SSSR count). The molecule has 0 bridgehead atoms. The number of benzene rings is 1. The summed E-state index contributed by atoms with van der Waals surface area (Å²) in [5.41, 5.74) is 0.680. The molecule has 0 saturated carbocycles. The first-order valence-corrected chi connectivity index (χ1v) is 12.1. The van der Waals surface area contributed by atoms with Gasteiger partial charge in [0.15, 0.2) is 10.9 Å².